The van der Waals surface area contributed by atoms with Gasteiger partial charge < -0.3 is 5.11 Å². The Morgan fingerprint density at radius 3 is 2.42 bits per heavy atom. The van der Waals surface area contributed by atoms with Gasteiger partial charge in [-0.2, -0.15) is 0 Å². The summed E-state index contributed by atoms with van der Waals surface area (Å²) < 4.78 is 15.2. The quantitative estimate of drug-likeness (QED) is 0.605. The predicted molar refractivity (Wildman–Crippen MR) is 82.3 cm³/mol. The molecule has 1 nitrogen and oxygen atoms in total. The van der Waals surface area contributed by atoms with Crippen LogP contribution < -0.4 is 0 Å². The zero-order valence-corrected chi connectivity index (χ0v) is 14.0. The van der Waals surface area contributed by atoms with Gasteiger partial charge in [-0.1, -0.05) is 45.2 Å². The highest BCUT2D eigenvalue weighted by molar-refractivity contribution is 9.10. The first-order valence-corrected chi connectivity index (χ1v) is 7.52. The van der Waals surface area contributed by atoms with E-state index in [0.29, 0.717) is 15.1 Å². The SMILES string of the molecule is OC(c1cc(Br)ccc1Cl)c1ccc(Br)c(Cl)c1F. The molecule has 1 N–H and O–H groups in total. The molecule has 1 atom stereocenters. The largest absolute Gasteiger partial charge is 0.383 e. The Bertz CT molecular complexity index is 634. The van der Waals surface area contributed by atoms with Crippen molar-refractivity contribution in [3.05, 3.63) is 66.3 Å². The van der Waals surface area contributed by atoms with E-state index in [9.17, 15) is 9.50 Å². The number of aliphatic hydroxyl groups is 1. The van der Waals surface area contributed by atoms with Gasteiger partial charge >= 0.3 is 0 Å². The Kier molecular flexibility index (Phi) is 4.90. The monoisotopic (exact) mass is 426 g/mol. The molecular weight excluding hydrogens is 422 g/mol. The lowest BCUT2D eigenvalue weighted by atomic mass is 10.0. The van der Waals surface area contributed by atoms with Crippen LogP contribution in [0.15, 0.2) is 39.3 Å². The van der Waals surface area contributed by atoms with Crippen molar-refractivity contribution in [3.63, 3.8) is 0 Å². The summed E-state index contributed by atoms with van der Waals surface area (Å²) in [6.07, 6.45) is -1.18. The molecule has 0 aliphatic rings. The highest BCUT2D eigenvalue weighted by atomic mass is 79.9. The van der Waals surface area contributed by atoms with Gasteiger partial charge in [0.05, 0.1) is 5.02 Å². The van der Waals surface area contributed by atoms with Crippen molar-refractivity contribution in [2.24, 2.45) is 0 Å². The molecule has 0 bridgehead atoms. The molecule has 0 aromatic heterocycles. The second-order valence-electron chi connectivity index (χ2n) is 3.83. The number of benzene rings is 2. The minimum atomic E-state index is -1.18. The lowest BCUT2D eigenvalue weighted by Gasteiger charge is -2.15. The molecule has 2 rings (SSSR count). The molecule has 100 valence electrons. The number of rotatable bonds is 2. The third-order valence-electron chi connectivity index (χ3n) is 2.61. The molecule has 0 spiro atoms. The van der Waals surface area contributed by atoms with Crippen LogP contribution >= 0.6 is 55.1 Å². The van der Waals surface area contributed by atoms with Gasteiger partial charge in [0, 0.05) is 25.1 Å². The van der Waals surface area contributed by atoms with Crippen LogP contribution in [-0.4, -0.2) is 5.11 Å². The third-order valence-corrected chi connectivity index (χ3v) is 4.71. The maximum atomic E-state index is 14.1. The second-order valence-corrected chi connectivity index (χ2v) is 6.39. The Morgan fingerprint density at radius 2 is 1.74 bits per heavy atom. The predicted octanol–water partition coefficient (Wildman–Crippen LogP) is 5.74. The van der Waals surface area contributed by atoms with Gasteiger partial charge in [0.25, 0.3) is 0 Å². The average Bonchev–Trinajstić information content (AvgIpc) is 2.38. The normalized spacial score (nSPS) is 12.5. The molecule has 0 amide bonds. The molecule has 0 saturated heterocycles. The molecule has 0 fully saturated rings. The summed E-state index contributed by atoms with van der Waals surface area (Å²) in [6.45, 7) is 0. The minimum Gasteiger partial charge on any atom is -0.383 e. The highest BCUT2D eigenvalue weighted by Gasteiger charge is 2.20. The van der Waals surface area contributed by atoms with E-state index in [2.05, 4.69) is 31.9 Å². The van der Waals surface area contributed by atoms with E-state index < -0.39 is 11.9 Å². The van der Waals surface area contributed by atoms with Crippen molar-refractivity contribution in [1.29, 1.82) is 0 Å². The van der Waals surface area contributed by atoms with Crippen molar-refractivity contribution in [2.45, 2.75) is 6.10 Å². The summed E-state index contributed by atoms with van der Waals surface area (Å²) >= 11 is 18.2. The van der Waals surface area contributed by atoms with Gasteiger partial charge in [-0.05, 0) is 40.2 Å². The molecule has 1 unspecified atom stereocenters. The summed E-state index contributed by atoms with van der Waals surface area (Å²) in [5, 5.41) is 10.6. The van der Waals surface area contributed by atoms with E-state index in [0.717, 1.165) is 4.47 Å². The summed E-state index contributed by atoms with van der Waals surface area (Å²) in [6, 6.07) is 8.05. The number of aliphatic hydroxyl groups excluding tert-OH is 1. The van der Waals surface area contributed by atoms with E-state index in [1.54, 1.807) is 24.3 Å². The number of hydrogen-bond donors (Lipinski definition) is 1. The summed E-state index contributed by atoms with van der Waals surface area (Å²) in [7, 11) is 0. The standard InChI is InChI=1S/C13H7Br2Cl2FO/c14-6-1-4-10(16)8(5-6)13(19)7-2-3-9(15)11(17)12(7)18/h1-5,13,19H. The van der Waals surface area contributed by atoms with Crippen molar-refractivity contribution in [2.75, 3.05) is 0 Å². The molecule has 2 aromatic rings. The lowest BCUT2D eigenvalue weighted by Crippen LogP contribution is -2.04. The molecule has 0 aliphatic carbocycles. The van der Waals surface area contributed by atoms with Crippen LogP contribution in [0.25, 0.3) is 0 Å². The Morgan fingerprint density at radius 1 is 1.05 bits per heavy atom. The third kappa shape index (κ3) is 3.14. The topological polar surface area (TPSA) is 20.2 Å². The number of hydrogen-bond acceptors (Lipinski definition) is 1. The van der Waals surface area contributed by atoms with E-state index >= 15 is 0 Å². The molecule has 0 aliphatic heterocycles. The van der Waals surface area contributed by atoms with Crippen molar-refractivity contribution < 1.29 is 9.50 Å². The fourth-order valence-corrected chi connectivity index (χ4v) is 2.72. The maximum Gasteiger partial charge on any atom is 0.149 e. The second kappa shape index (κ2) is 6.10. The van der Waals surface area contributed by atoms with Gasteiger partial charge in [-0.25, -0.2) is 4.39 Å². The van der Waals surface area contributed by atoms with Crippen molar-refractivity contribution in [1.82, 2.24) is 0 Å². The van der Waals surface area contributed by atoms with Crippen LogP contribution in [0, 0.1) is 5.82 Å². The maximum absolute atomic E-state index is 14.1. The van der Waals surface area contributed by atoms with E-state index in [4.69, 9.17) is 23.2 Å². The highest BCUT2D eigenvalue weighted by Crippen LogP contribution is 2.35. The van der Waals surface area contributed by atoms with Crippen LogP contribution in [0.4, 0.5) is 4.39 Å². The first-order chi connectivity index (χ1) is 8.91. The Balaban J connectivity index is 2.53. The van der Waals surface area contributed by atoms with Crippen molar-refractivity contribution in [3.8, 4) is 0 Å². The molecule has 19 heavy (non-hydrogen) atoms. The summed E-state index contributed by atoms with van der Waals surface area (Å²) in [5.74, 6) is -0.667. The molecule has 2 aromatic carbocycles. The molecule has 0 heterocycles. The van der Waals surface area contributed by atoms with Gasteiger partial charge in [-0.15, -0.1) is 0 Å². The fraction of sp³-hybridized carbons (Fsp3) is 0.0769. The Labute approximate surface area is 136 Å². The van der Waals surface area contributed by atoms with Crippen LogP contribution in [0.2, 0.25) is 10.0 Å². The molecule has 0 saturated carbocycles. The Hall–Kier alpha value is -0.130. The molecule has 6 heteroatoms. The summed E-state index contributed by atoms with van der Waals surface area (Å²) in [5.41, 5.74) is 0.488. The van der Waals surface area contributed by atoms with E-state index in [1.807, 2.05) is 0 Å². The van der Waals surface area contributed by atoms with Gasteiger partial charge in [0.1, 0.15) is 11.9 Å². The van der Waals surface area contributed by atoms with E-state index in [1.165, 1.54) is 6.07 Å². The zero-order chi connectivity index (χ0) is 14.2. The average molecular weight is 429 g/mol. The van der Waals surface area contributed by atoms with Crippen LogP contribution in [0.1, 0.15) is 17.2 Å². The summed E-state index contributed by atoms with van der Waals surface area (Å²) in [4.78, 5) is 0. The fourth-order valence-electron chi connectivity index (χ4n) is 1.64. The van der Waals surface area contributed by atoms with Crippen molar-refractivity contribution >= 4 is 55.1 Å². The molecular formula is C13H7Br2Cl2FO. The van der Waals surface area contributed by atoms with Gasteiger partial charge in [0.15, 0.2) is 0 Å². The first-order valence-electron chi connectivity index (χ1n) is 5.18. The zero-order valence-electron chi connectivity index (χ0n) is 9.30. The number of halogens is 5. The van der Waals surface area contributed by atoms with Crippen LogP contribution in [-0.2, 0) is 0 Å². The lowest BCUT2D eigenvalue weighted by molar-refractivity contribution is 0.215. The molecule has 0 radical (unpaired) electrons. The smallest absolute Gasteiger partial charge is 0.149 e. The van der Waals surface area contributed by atoms with E-state index in [-0.39, 0.29) is 10.6 Å². The van der Waals surface area contributed by atoms with Gasteiger partial charge in [0.2, 0.25) is 0 Å². The van der Waals surface area contributed by atoms with Gasteiger partial charge in [-0.3, -0.25) is 0 Å². The van der Waals surface area contributed by atoms with Crippen LogP contribution in [0.5, 0.6) is 0 Å². The van der Waals surface area contributed by atoms with Crippen LogP contribution in [0.3, 0.4) is 0 Å². The minimum absolute atomic E-state index is 0.0670. The first kappa shape index (κ1) is 15.3.